The van der Waals surface area contributed by atoms with Crippen LogP contribution in [0, 0.1) is 17.3 Å². The Labute approximate surface area is 194 Å². The normalized spacial score (nSPS) is 25.8. The van der Waals surface area contributed by atoms with Crippen molar-refractivity contribution >= 4 is 20.2 Å². The SMILES string of the molecule is CC1CC[CH]([Hg][Cl])C(C)(COC(=O)c2ccccc2)C1COC(=O)c1ccccc1. The summed E-state index contributed by atoms with van der Waals surface area (Å²) in [5.41, 5.74) is 0.818. The summed E-state index contributed by atoms with van der Waals surface area (Å²) >= 11 is -1.64. The van der Waals surface area contributed by atoms with Crippen molar-refractivity contribution in [3.63, 3.8) is 0 Å². The van der Waals surface area contributed by atoms with Gasteiger partial charge in [-0.1, -0.05) is 0 Å². The van der Waals surface area contributed by atoms with Crippen LogP contribution in [0.5, 0.6) is 0 Å². The molecule has 2 aromatic carbocycles. The molecule has 1 saturated carbocycles. The van der Waals surface area contributed by atoms with Crippen LogP contribution in [0.3, 0.4) is 0 Å². The summed E-state index contributed by atoms with van der Waals surface area (Å²) in [5, 5.41) is 0. The molecule has 0 amide bonds. The van der Waals surface area contributed by atoms with Crippen molar-refractivity contribution in [3.8, 4) is 0 Å². The fourth-order valence-corrected chi connectivity index (χ4v) is 13.5. The molecule has 4 atom stereocenters. The van der Waals surface area contributed by atoms with Gasteiger partial charge < -0.3 is 0 Å². The van der Waals surface area contributed by atoms with Crippen LogP contribution >= 0.6 is 8.25 Å². The third-order valence-electron chi connectivity index (χ3n) is 6.55. The average molecular weight is 616 g/mol. The number of esters is 2. The van der Waals surface area contributed by atoms with Crippen LogP contribution in [-0.2, 0) is 32.8 Å². The van der Waals surface area contributed by atoms with Crippen LogP contribution in [0.15, 0.2) is 60.7 Å². The van der Waals surface area contributed by atoms with Crippen molar-refractivity contribution < 1.29 is 42.4 Å². The Morgan fingerprint density at radius 1 is 0.967 bits per heavy atom. The van der Waals surface area contributed by atoms with Crippen molar-refractivity contribution in [2.24, 2.45) is 17.3 Å². The van der Waals surface area contributed by atoms with E-state index >= 15 is 0 Å². The molecule has 3 rings (SSSR count). The molecular formula is C24H27ClHgO4. The maximum atomic E-state index is 12.5. The van der Waals surface area contributed by atoms with Gasteiger partial charge in [0.1, 0.15) is 0 Å². The summed E-state index contributed by atoms with van der Waals surface area (Å²) in [6, 6.07) is 18.1. The number of hydrogen-bond donors (Lipinski definition) is 0. The van der Waals surface area contributed by atoms with Gasteiger partial charge in [-0.3, -0.25) is 0 Å². The summed E-state index contributed by atoms with van der Waals surface area (Å²) in [6.45, 7) is 4.97. The molecule has 2 aromatic rings. The minimum absolute atomic E-state index is 0.103. The van der Waals surface area contributed by atoms with Crippen LogP contribution < -0.4 is 0 Å². The monoisotopic (exact) mass is 616 g/mol. The van der Waals surface area contributed by atoms with E-state index < -0.39 is 23.3 Å². The molecule has 0 aromatic heterocycles. The van der Waals surface area contributed by atoms with Crippen LogP contribution in [0.1, 0.15) is 47.4 Å². The molecule has 0 aliphatic heterocycles. The van der Waals surface area contributed by atoms with Crippen LogP contribution in [0.4, 0.5) is 0 Å². The molecule has 0 radical (unpaired) electrons. The van der Waals surface area contributed by atoms with Crippen molar-refractivity contribution in [3.05, 3.63) is 71.8 Å². The molecule has 30 heavy (non-hydrogen) atoms. The van der Waals surface area contributed by atoms with Gasteiger partial charge in [-0.2, -0.15) is 0 Å². The zero-order valence-corrected chi connectivity index (χ0v) is 23.8. The molecule has 4 unspecified atom stereocenters. The Morgan fingerprint density at radius 3 is 2.03 bits per heavy atom. The maximum absolute atomic E-state index is 12.5. The first-order valence-corrected chi connectivity index (χ1v) is 20.4. The summed E-state index contributed by atoms with van der Waals surface area (Å²) in [6.07, 6.45) is 2.13. The molecule has 0 spiro atoms. The summed E-state index contributed by atoms with van der Waals surface area (Å²) in [4.78, 5) is 25.0. The first kappa shape index (κ1) is 23.3. The number of ether oxygens (including phenoxy) is 2. The van der Waals surface area contributed by atoms with E-state index in [1.807, 2.05) is 36.4 Å². The van der Waals surface area contributed by atoms with Crippen LogP contribution in [0.25, 0.3) is 0 Å². The van der Waals surface area contributed by atoms with E-state index in [9.17, 15) is 9.59 Å². The van der Waals surface area contributed by atoms with E-state index in [1.54, 1.807) is 24.3 Å². The third kappa shape index (κ3) is 5.44. The molecule has 0 bridgehead atoms. The molecule has 0 N–H and O–H groups in total. The van der Waals surface area contributed by atoms with Gasteiger partial charge >= 0.3 is 195 Å². The van der Waals surface area contributed by atoms with Gasteiger partial charge in [0.05, 0.1) is 0 Å². The van der Waals surface area contributed by atoms with E-state index in [2.05, 4.69) is 13.8 Å². The van der Waals surface area contributed by atoms with Gasteiger partial charge in [-0.15, -0.1) is 0 Å². The first-order valence-electron chi connectivity index (χ1n) is 10.5. The van der Waals surface area contributed by atoms with E-state index in [-0.39, 0.29) is 23.3 Å². The zero-order valence-electron chi connectivity index (χ0n) is 17.6. The first-order chi connectivity index (χ1) is 14.5. The van der Waals surface area contributed by atoms with Crippen LogP contribution in [-0.4, -0.2) is 25.2 Å². The summed E-state index contributed by atoms with van der Waals surface area (Å²) in [7, 11) is 6.54. The quantitative estimate of drug-likeness (QED) is 0.293. The van der Waals surface area contributed by atoms with Crippen LogP contribution in [0.2, 0.25) is 3.43 Å². The van der Waals surface area contributed by atoms with E-state index in [0.29, 0.717) is 33.7 Å². The Hall–Kier alpha value is -1.39. The van der Waals surface area contributed by atoms with E-state index in [4.69, 9.17) is 17.7 Å². The van der Waals surface area contributed by atoms with Crippen molar-refractivity contribution in [1.82, 2.24) is 0 Å². The second kappa shape index (κ2) is 10.8. The fraction of sp³-hybridized carbons (Fsp3) is 0.417. The number of rotatable bonds is 7. The third-order valence-corrected chi connectivity index (χ3v) is 16.5. The number of benzene rings is 2. The predicted octanol–water partition coefficient (Wildman–Crippen LogP) is 5.78. The number of halogens is 1. The second-order valence-corrected chi connectivity index (χ2v) is 16.2. The summed E-state index contributed by atoms with van der Waals surface area (Å²) < 4.78 is 11.9. The van der Waals surface area contributed by atoms with Crippen molar-refractivity contribution in [2.45, 2.75) is 30.1 Å². The Bertz CT molecular complexity index is 845. The molecule has 4 nitrogen and oxygen atoms in total. The number of carbonyl (C=O) groups excluding carboxylic acids is 2. The Kier molecular flexibility index (Phi) is 8.35. The molecule has 6 heteroatoms. The zero-order chi connectivity index (χ0) is 21.6. The van der Waals surface area contributed by atoms with Gasteiger partial charge in [-0.05, 0) is 0 Å². The molecule has 0 saturated heterocycles. The van der Waals surface area contributed by atoms with Gasteiger partial charge in [0.25, 0.3) is 0 Å². The van der Waals surface area contributed by atoms with Gasteiger partial charge in [0.2, 0.25) is 0 Å². The number of carbonyl (C=O) groups is 2. The minimum atomic E-state index is -1.64. The second-order valence-electron chi connectivity index (χ2n) is 8.42. The predicted molar refractivity (Wildman–Crippen MR) is 113 cm³/mol. The molecule has 1 fully saturated rings. The number of hydrogen-bond acceptors (Lipinski definition) is 4. The van der Waals surface area contributed by atoms with E-state index in [0.717, 1.165) is 12.8 Å². The average Bonchev–Trinajstić information content (AvgIpc) is 2.78. The fourth-order valence-electron chi connectivity index (χ4n) is 4.48. The van der Waals surface area contributed by atoms with Gasteiger partial charge in [0.15, 0.2) is 0 Å². The van der Waals surface area contributed by atoms with Crippen molar-refractivity contribution in [1.29, 1.82) is 0 Å². The van der Waals surface area contributed by atoms with E-state index in [1.165, 1.54) is 0 Å². The molecule has 1 aliphatic rings. The molecule has 0 heterocycles. The molecular weight excluding hydrogens is 588 g/mol. The Balaban J connectivity index is 1.72. The molecule has 156 valence electrons. The van der Waals surface area contributed by atoms with Gasteiger partial charge in [-0.25, -0.2) is 0 Å². The van der Waals surface area contributed by atoms with Gasteiger partial charge in [0, 0.05) is 0 Å². The molecule has 1 aliphatic carbocycles. The topological polar surface area (TPSA) is 52.6 Å². The summed E-state index contributed by atoms with van der Waals surface area (Å²) in [5.74, 6) is -0.169. The standard InChI is InChI=1S/C24H27O4.ClH.Hg/c1-18-10-9-15-24(2,17-28-23(26)20-13-7-4-8-14-20)21(18)16-27-22(25)19-11-5-3-6-12-19;;/h3-8,11-15,18,21H,9-10,16-17H2,1-2H3;1H;/q;;+1/p-1. The Morgan fingerprint density at radius 2 is 1.50 bits per heavy atom. The van der Waals surface area contributed by atoms with Crippen molar-refractivity contribution in [2.75, 3.05) is 13.2 Å².